The molecule has 0 fully saturated rings. The average Bonchev–Trinajstić information content (AvgIpc) is 2.25. The van der Waals surface area contributed by atoms with E-state index in [2.05, 4.69) is 4.13 Å². The Labute approximate surface area is 117 Å². The number of unbranched alkanes of at least 4 members (excludes halogenated alkanes) is 2. The third-order valence-corrected chi connectivity index (χ3v) is 5.47. The van der Waals surface area contributed by atoms with E-state index in [-0.39, 0.29) is 13.1 Å². The number of halogens is 3. The van der Waals surface area contributed by atoms with E-state index in [9.17, 15) is 30.0 Å². The van der Waals surface area contributed by atoms with Crippen LogP contribution in [0.3, 0.4) is 0 Å². The van der Waals surface area contributed by atoms with Crippen LogP contribution in [0.5, 0.6) is 0 Å². The summed E-state index contributed by atoms with van der Waals surface area (Å²) in [6.07, 6.45) is 2.05. The van der Waals surface area contributed by atoms with Crippen LogP contribution in [0, 0.1) is 0 Å². The zero-order valence-corrected chi connectivity index (χ0v) is 12.9. The van der Waals surface area contributed by atoms with Crippen molar-refractivity contribution in [3.63, 3.8) is 0 Å². The second-order valence-corrected chi connectivity index (χ2v) is 7.50. The average molecular weight is 339 g/mol. The van der Waals surface area contributed by atoms with Crippen molar-refractivity contribution in [2.75, 3.05) is 13.1 Å². The van der Waals surface area contributed by atoms with Crippen LogP contribution in [-0.2, 0) is 20.2 Å². The highest BCUT2D eigenvalue weighted by molar-refractivity contribution is 8.11. The predicted molar refractivity (Wildman–Crippen MR) is 68.6 cm³/mol. The zero-order valence-electron chi connectivity index (χ0n) is 11.2. The first-order valence-electron chi connectivity index (χ1n) is 6.03. The van der Waals surface area contributed by atoms with Gasteiger partial charge in [-0.15, -0.1) is 0 Å². The van der Waals surface area contributed by atoms with Gasteiger partial charge in [-0.05, 0) is 12.8 Å². The van der Waals surface area contributed by atoms with Gasteiger partial charge in [0.05, 0.1) is 0 Å². The van der Waals surface area contributed by atoms with Crippen molar-refractivity contribution < 1.29 is 30.0 Å². The zero-order chi connectivity index (χ0) is 16.0. The Morgan fingerprint density at radius 2 is 1.35 bits per heavy atom. The number of sulfonamides is 1. The standard InChI is InChI=1S/C9H18F3N2O4S2/c1-3-5-7-14(8-6-4-2)20(17,18)13-19(15,16)9(10,11)12/h3-8H2,1-2H3/q-1. The molecule has 0 aliphatic carbocycles. The third kappa shape index (κ3) is 5.94. The Morgan fingerprint density at radius 3 is 1.65 bits per heavy atom. The first-order valence-corrected chi connectivity index (χ1v) is 8.87. The molecule has 0 unspecified atom stereocenters. The summed E-state index contributed by atoms with van der Waals surface area (Å²) in [6, 6.07) is 0. The molecule has 122 valence electrons. The molecule has 0 aliphatic heterocycles. The van der Waals surface area contributed by atoms with Gasteiger partial charge >= 0.3 is 5.51 Å². The summed E-state index contributed by atoms with van der Waals surface area (Å²) in [5.41, 5.74) is -5.72. The lowest BCUT2D eigenvalue weighted by molar-refractivity contribution is -0.0425. The molecule has 11 heteroatoms. The summed E-state index contributed by atoms with van der Waals surface area (Å²) < 4.78 is 84.2. The third-order valence-electron chi connectivity index (χ3n) is 2.33. The minimum absolute atomic E-state index is 0.0598. The molecule has 0 saturated heterocycles. The van der Waals surface area contributed by atoms with Crippen molar-refractivity contribution in [1.29, 1.82) is 0 Å². The molecule has 6 nitrogen and oxygen atoms in total. The predicted octanol–water partition coefficient (Wildman–Crippen LogP) is 2.36. The van der Waals surface area contributed by atoms with Crippen LogP contribution < -0.4 is 0 Å². The lowest BCUT2D eigenvalue weighted by Gasteiger charge is -2.30. The summed E-state index contributed by atoms with van der Waals surface area (Å²) in [5, 5.41) is 0. The fourth-order valence-corrected chi connectivity index (χ4v) is 3.65. The summed E-state index contributed by atoms with van der Waals surface area (Å²) in [5.74, 6) is 0. The van der Waals surface area contributed by atoms with E-state index in [0.29, 0.717) is 30.0 Å². The number of alkyl halides is 3. The molecule has 0 saturated carbocycles. The first kappa shape index (κ1) is 19.6. The van der Waals surface area contributed by atoms with Crippen molar-refractivity contribution in [3.05, 3.63) is 4.13 Å². The molecule has 0 bridgehead atoms. The van der Waals surface area contributed by atoms with Crippen LogP contribution in [0.2, 0.25) is 0 Å². The van der Waals surface area contributed by atoms with Crippen molar-refractivity contribution >= 4 is 20.2 Å². The highest BCUT2D eigenvalue weighted by Crippen LogP contribution is 2.31. The van der Waals surface area contributed by atoms with Gasteiger partial charge in [0, 0.05) is 13.1 Å². The summed E-state index contributed by atoms with van der Waals surface area (Å²) >= 11 is 0. The molecular weight excluding hydrogens is 321 g/mol. The molecule has 0 aromatic carbocycles. The molecular formula is C9H18F3N2O4S2-. The van der Waals surface area contributed by atoms with Crippen molar-refractivity contribution in [3.8, 4) is 0 Å². The molecule has 0 aromatic rings. The number of rotatable bonds is 9. The number of nitrogens with zero attached hydrogens (tertiary/aromatic N) is 2. The van der Waals surface area contributed by atoms with Gasteiger partial charge in [0.2, 0.25) is 0 Å². The second-order valence-electron chi connectivity index (χ2n) is 4.08. The number of hydrogen-bond acceptors (Lipinski definition) is 4. The summed E-state index contributed by atoms with van der Waals surface area (Å²) in [7, 11) is -10.9. The molecule has 20 heavy (non-hydrogen) atoms. The second kappa shape index (κ2) is 7.57. The molecule has 0 heterocycles. The fourth-order valence-electron chi connectivity index (χ4n) is 1.22. The molecule has 0 N–H and O–H groups in total. The Hall–Kier alpha value is -0.390. The van der Waals surface area contributed by atoms with Crippen LogP contribution in [-0.4, -0.2) is 39.7 Å². The Balaban J connectivity index is 5.13. The van der Waals surface area contributed by atoms with Crippen LogP contribution in [0.4, 0.5) is 13.2 Å². The first-order chi connectivity index (χ1) is 8.98. The molecule has 0 atom stereocenters. The topological polar surface area (TPSA) is 85.6 Å². The summed E-state index contributed by atoms with van der Waals surface area (Å²) in [6.45, 7) is 3.42. The smallest absolute Gasteiger partial charge is 0.415 e. The minimum atomic E-state index is -6.06. The van der Waals surface area contributed by atoms with E-state index >= 15 is 0 Å². The van der Waals surface area contributed by atoms with Gasteiger partial charge in [0.1, 0.15) is 10.2 Å². The molecule has 0 rings (SSSR count). The lowest BCUT2D eigenvalue weighted by atomic mass is 10.3. The van der Waals surface area contributed by atoms with Gasteiger partial charge in [-0.1, -0.05) is 26.7 Å². The van der Waals surface area contributed by atoms with Crippen LogP contribution in [0.1, 0.15) is 39.5 Å². The van der Waals surface area contributed by atoms with Crippen LogP contribution in [0.25, 0.3) is 4.13 Å². The normalized spacial score (nSPS) is 13.9. The molecule has 0 aliphatic rings. The van der Waals surface area contributed by atoms with E-state index in [1.807, 2.05) is 0 Å². The Kier molecular flexibility index (Phi) is 7.42. The van der Waals surface area contributed by atoms with Gasteiger partial charge in [-0.2, -0.15) is 13.2 Å². The van der Waals surface area contributed by atoms with Gasteiger partial charge < -0.3 is 4.13 Å². The van der Waals surface area contributed by atoms with E-state index < -0.39 is 25.7 Å². The lowest BCUT2D eigenvalue weighted by Crippen LogP contribution is -2.35. The van der Waals surface area contributed by atoms with E-state index in [0.717, 1.165) is 0 Å². The van der Waals surface area contributed by atoms with Crippen molar-refractivity contribution in [1.82, 2.24) is 4.31 Å². The van der Waals surface area contributed by atoms with Gasteiger partial charge in [-0.3, -0.25) is 0 Å². The van der Waals surface area contributed by atoms with Crippen LogP contribution in [0.15, 0.2) is 0 Å². The maximum Gasteiger partial charge on any atom is 0.480 e. The number of hydrogen-bond donors (Lipinski definition) is 0. The highest BCUT2D eigenvalue weighted by atomic mass is 32.3. The van der Waals surface area contributed by atoms with E-state index in [1.54, 1.807) is 13.8 Å². The minimum Gasteiger partial charge on any atom is -0.415 e. The monoisotopic (exact) mass is 339 g/mol. The largest absolute Gasteiger partial charge is 0.480 e. The van der Waals surface area contributed by atoms with Gasteiger partial charge in [-0.25, -0.2) is 21.1 Å². The highest BCUT2D eigenvalue weighted by Gasteiger charge is 2.41. The fraction of sp³-hybridized carbons (Fsp3) is 1.00. The van der Waals surface area contributed by atoms with E-state index in [4.69, 9.17) is 0 Å². The maximum absolute atomic E-state index is 12.2. The Morgan fingerprint density at radius 1 is 0.950 bits per heavy atom. The van der Waals surface area contributed by atoms with Crippen LogP contribution >= 0.6 is 0 Å². The molecule has 0 amide bonds. The van der Waals surface area contributed by atoms with E-state index in [1.165, 1.54) is 0 Å². The summed E-state index contributed by atoms with van der Waals surface area (Å²) in [4.78, 5) is 0. The Bertz CT molecular complexity index is 480. The SMILES string of the molecule is CCCCN(CCCC)S(=O)(=O)[N-]S(=O)(=O)C(F)(F)F. The molecule has 0 radical (unpaired) electrons. The van der Waals surface area contributed by atoms with Gasteiger partial charge in [0.15, 0.2) is 10.0 Å². The van der Waals surface area contributed by atoms with Crippen molar-refractivity contribution in [2.45, 2.75) is 45.0 Å². The van der Waals surface area contributed by atoms with Gasteiger partial charge in [0.25, 0.3) is 0 Å². The maximum atomic E-state index is 12.2. The molecule has 0 aromatic heterocycles. The molecule has 0 spiro atoms. The van der Waals surface area contributed by atoms with Crippen molar-refractivity contribution in [2.24, 2.45) is 0 Å². The quantitative estimate of drug-likeness (QED) is 0.645.